The van der Waals surface area contributed by atoms with Gasteiger partial charge < -0.3 is 15.3 Å². The molecule has 1 aliphatic rings. The van der Waals surface area contributed by atoms with E-state index < -0.39 is 11.9 Å². The lowest BCUT2D eigenvalue weighted by molar-refractivity contribution is -0.139. The van der Waals surface area contributed by atoms with Crippen LogP contribution in [0.2, 0.25) is 0 Å². The number of nitrogens with zero attached hydrogens (tertiary/aromatic N) is 1. The quantitative estimate of drug-likeness (QED) is 0.889. The van der Waals surface area contributed by atoms with Gasteiger partial charge in [0.15, 0.2) is 0 Å². The van der Waals surface area contributed by atoms with Crippen molar-refractivity contribution in [3.8, 4) is 0 Å². The van der Waals surface area contributed by atoms with E-state index in [1.807, 2.05) is 38.1 Å². The maximum Gasteiger partial charge on any atom is 0.317 e. The second kappa shape index (κ2) is 5.94. The molecule has 1 aliphatic heterocycles. The molecule has 2 atom stereocenters. The summed E-state index contributed by atoms with van der Waals surface area (Å²) in [5, 5.41) is 12.2. The first-order valence-corrected chi connectivity index (χ1v) is 6.89. The van der Waals surface area contributed by atoms with Gasteiger partial charge in [-0.05, 0) is 24.5 Å². The predicted molar refractivity (Wildman–Crippen MR) is 75.5 cm³/mol. The fourth-order valence-corrected chi connectivity index (χ4v) is 2.38. The summed E-state index contributed by atoms with van der Waals surface area (Å²) in [6.07, 6.45) is 0.846. The Morgan fingerprint density at radius 3 is 2.80 bits per heavy atom. The second-order valence-electron chi connectivity index (χ2n) is 5.23. The summed E-state index contributed by atoms with van der Waals surface area (Å²) in [7, 11) is 0. The maximum absolute atomic E-state index is 12.2. The van der Waals surface area contributed by atoms with Gasteiger partial charge in [0.25, 0.3) is 0 Å². The molecule has 5 heteroatoms. The van der Waals surface area contributed by atoms with Crippen molar-refractivity contribution in [2.45, 2.75) is 38.8 Å². The summed E-state index contributed by atoms with van der Waals surface area (Å²) in [5.41, 5.74) is 1.72. The van der Waals surface area contributed by atoms with E-state index in [4.69, 9.17) is 0 Å². The lowest BCUT2D eigenvalue weighted by Crippen LogP contribution is -2.47. The van der Waals surface area contributed by atoms with Gasteiger partial charge in [-0.2, -0.15) is 0 Å². The van der Waals surface area contributed by atoms with E-state index in [1.54, 1.807) is 4.90 Å². The number of carbonyl (C=O) groups excluding carboxylic acids is 1. The first-order valence-electron chi connectivity index (χ1n) is 6.89. The third-order valence-electron chi connectivity index (χ3n) is 3.76. The Balaban J connectivity index is 2.20. The number of rotatable bonds is 3. The highest BCUT2D eigenvalue weighted by Crippen LogP contribution is 2.28. The highest BCUT2D eigenvalue weighted by molar-refractivity contribution is 5.81. The van der Waals surface area contributed by atoms with Crippen LogP contribution >= 0.6 is 0 Å². The third kappa shape index (κ3) is 2.92. The summed E-state index contributed by atoms with van der Waals surface area (Å²) in [6.45, 7) is 4.61. The minimum Gasteiger partial charge on any atom is -0.481 e. The fraction of sp³-hybridized carbons (Fsp3) is 0.467. The molecule has 1 aromatic rings. The Labute approximate surface area is 118 Å². The van der Waals surface area contributed by atoms with E-state index in [2.05, 4.69) is 5.32 Å². The van der Waals surface area contributed by atoms with Gasteiger partial charge >= 0.3 is 12.0 Å². The molecular formula is C15H20N2O3. The lowest BCUT2D eigenvalue weighted by atomic mass is 9.90. The van der Waals surface area contributed by atoms with Crippen LogP contribution < -0.4 is 5.32 Å². The van der Waals surface area contributed by atoms with E-state index in [1.165, 1.54) is 0 Å². The normalized spacial score (nSPS) is 19.1. The van der Waals surface area contributed by atoms with Crippen molar-refractivity contribution in [3.05, 3.63) is 35.4 Å². The summed E-state index contributed by atoms with van der Waals surface area (Å²) in [5.74, 6) is -1.54. The Morgan fingerprint density at radius 1 is 1.45 bits per heavy atom. The van der Waals surface area contributed by atoms with Gasteiger partial charge in [0.1, 0.15) is 0 Å². The zero-order valence-electron chi connectivity index (χ0n) is 11.8. The van der Waals surface area contributed by atoms with Crippen LogP contribution in [0.5, 0.6) is 0 Å². The van der Waals surface area contributed by atoms with Crippen LogP contribution in [0.1, 0.15) is 37.3 Å². The molecule has 0 fully saturated rings. The van der Waals surface area contributed by atoms with Gasteiger partial charge in [-0.1, -0.05) is 31.2 Å². The number of carboxylic acids is 1. The van der Waals surface area contributed by atoms with Crippen molar-refractivity contribution in [1.29, 1.82) is 0 Å². The molecule has 2 unspecified atom stereocenters. The Kier molecular flexibility index (Phi) is 4.27. The number of carboxylic acid groups (broad SMARTS) is 1. The Hall–Kier alpha value is -2.04. The number of hydrogen-bond acceptors (Lipinski definition) is 2. The molecule has 1 aromatic carbocycles. The van der Waals surface area contributed by atoms with E-state index in [9.17, 15) is 14.7 Å². The molecule has 0 aromatic heterocycles. The largest absolute Gasteiger partial charge is 0.481 e. The van der Waals surface area contributed by atoms with Gasteiger partial charge in [0, 0.05) is 19.1 Å². The molecule has 0 aliphatic carbocycles. The Morgan fingerprint density at radius 2 is 2.15 bits per heavy atom. The predicted octanol–water partition coefficient (Wildman–Crippen LogP) is 2.18. The number of nitrogens with one attached hydrogen (secondary N) is 1. The number of hydrogen-bond donors (Lipinski definition) is 2. The van der Waals surface area contributed by atoms with Gasteiger partial charge in [0.05, 0.1) is 5.92 Å². The van der Waals surface area contributed by atoms with E-state index in [-0.39, 0.29) is 18.6 Å². The molecule has 20 heavy (non-hydrogen) atoms. The average Bonchev–Trinajstić information content (AvgIpc) is 2.45. The monoisotopic (exact) mass is 276 g/mol. The smallest absolute Gasteiger partial charge is 0.317 e. The molecule has 0 radical (unpaired) electrons. The molecule has 1 heterocycles. The molecule has 108 valence electrons. The van der Waals surface area contributed by atoms with Crippen molar-refractivity contribution in [2.75, 3.05) is 6.54 Å². The summed E-state index contributed by atoms with van der Waals surface area (Å²) >= 11 is 0. The summed E-state index contributed by atoms with van der Waals surface area (Å²) in [6, 6.07) is 7.31. The molecule has 2 N–H and O–H groups in total. The molecule has 5 nitrogen and oxygen atoms in total. The number of carbonyl (C=O) groups is 2. The third-order valence-corrected chi connectivity index (χ3v) is 3.76. The first kappa shape index (κ1) is 14.4. The summed E-state index contributed by atoms with van der Waals surface area (Å²) < 4.78 is 0. The zero-order chi connectivity index (χ0) is 14.7. The SMILES string of the molecule is CCC(C)NC(=O)N1Cc2ccccc2C(C(=O)O)C1. The topological polar surface area (TPSA) is 69.6 Å². The van der Waals surface area contributed by atoms with Crippen LogP contribution in [-0.4, -0.2) is 34.6 Å². The van der Waals surface area contributed by atoms with Crippen LogP contribution in [0.25, 0.3) is 0 Å². The van der Waals surface area contributed by atoms with Gasteiger partial charge in [-0.15, -0.1) is 0 Å². The molecule has 0 bridgehead atoms. The van der Waals surface area contributed by atoms with Crippen LogP contribution in [0, 0.1) is 0 Å². The molecule has 2 rings (SSSR count). The van der Waals surface area contributed by atoms with Gasteiger partial charge in [-0.25, -0.2) is 4.79 Å². The fourth-order valence-electron chi connectivity index (χ4n) is 2.38. The van der Waals surface area contributed by atoms with E-state index >= 15 is 0 Å². The minimum absolute atomic E-state index is 0.0861. The van der Waals surface area contributed by atoms with Crippen molar-refractivity contribution in [3.63, 3.8) is 0 Å². The average molecular weight is 276 g/mol. The van der Waals surface area contributed by atoms with Crippen molar-refractivity contribution >= 4 is 12.0 Å². The van der Waals surface area contributed by atoms with Gasteiger partial charge in [-0.3, -0.25) is 4.79 Å². The number of fused-ring (bicyclic) bond motifs is 1. The molecular weight excluding hydrogens is 256 g/mol. The minimum atomic E-state index is -0.890. The molecule has 0 saturated carbocycles. The second-order valence-corrected chi connectivity index (χ2v) is 5.23. The van der Waals surface area contributed by atoms with Crippen molar-refractivity contribution in [1.82, 2.24) is 10.2 Å². The number of urea groups is 1. The molecule has 2 amide bonds. The number of amides is 2. The maximum atomic E-state index is 12.2. The first-order chi connectivity index (χ1) is 9.52. The molecule has 0 saturated heterocycles. The zero-order valence-corrected chi connectivity index (χ0v) is 11.8. The van der Waals surface area contributed by atoms with Crippen LogP contribution in [0.4, 0.5) is 4.79 Å². The standard InChI is InChI=1S/C15H20N2O3/c1-3-10(2)16-15(20)17-8-11-6-4-5-7-12(11)13(9-17)14(18)19/h4-7,10,13H,3,8-9H2,1-2H3,(H,16,20)(H,18,19). The van der Waals surface area contributed by atoms with Crippen molar-refractivity contribution < 1.29 is 14.7 Å². The Bertz CT molecular complexity index is 516. The van der Waals surface area contributed by atoms with Crippen LogP contribution in [-0.2, 0) is 11.3 Å². The highest BCUT2D eigenvalue weighted by atomic mass is 16.4. The number of benzene rings is 1. The van der Waals surface area contributed by atoms with Crippen molar-refractivity contribution in [2.24, 2.45) is 0 Å². The highest BCUT2D eigenvalue weighted by Gasteiger charge is 2.32. The number of aliphatic carboxylic acids is 1. The van der Waals surface area contributed by atoms with Crippen LogP contribution in [0.3, 0.4) is 0 Å². The molecule has 0 spiro atoms. The van der Waals surface area contributed by atoms with Crippen LogP contribution in [0.15, 0.2) is 24.3 Å². The summed E-state index contributed by atoms with van der Waals surface area (Å²) in [4.78, 5) is 25.1. The lowest BCUT2D eigenvalue weighted by Gasteiger charge is -2.33. The van der Waals surface area contributed by atoms with E-state index in [0.717, 1.165) is 17.5 Å². The van der Waals surface area contributed by atoms with E-state index in [0.29, 0.717) is 6.54 Å². The van der Waals surface area contributed by atoms with Gasteiger partial charge in [0.2, 0.25) is 0 Å².